The molecular formula is C19H18N2O2. The molecule has 0 atom stereocenters. The third kappa shape index (κ3) is 3.01. The molecule has 0 saturated heterocycles. The van der Waals surface area contributed by atoms with Gasteiger partial charge in [0, 0.05) is 11.8 Å². The minimum atomic E-state index is 0.567. The van der Waals surface area contributed by atoms with Crippen molar-refractivity contribution in [1.82, 2.24) is 9.78 Å². The van der Waals surface area contributed by atoms with E-state index in [1.807, 2.05) is 62.4 Å². The number of rotatable bonds is 5. The van der Waals surface area contributed by atoms with Crippen LogP contribution in [0.3, 0.4) is 0 Å². The first kappa shape index (κ1) is 15.0. The van der Waals surface area contributed by atoms with Gasteiger partial charge in [-0.15, -0.1) is 0 Å². The van der Waals surface area contributed by atoms with Gasteiger partial charge in [0.1, 0.15) is 11.4 Å². The van der Waals surface area contributed by atoms with E-state index in [1.165, 1.54) is 0 Å². The molecule has 3 aromatic rings. The first-order valence-electron chi connectivity index (χ1n) is 7.57. The third-order valence-electron chi connectivity index (χ3n) is 3.64. The number of nitrogens with zero attached hydrogens (tertiary/aromatic N) is 2. The lowest BCUT2D eigenvalue weighted by Gasteiger charge is -2.08. The minimum Gasteiger partial charge on any atom is -0.494 e. The molecule has 4 nitrogen and oxygen atoms in total. The summed E-state index contributed by atoms with van der Waals surface area (Å²) in [7, 11) is 0. The molecule has 0 aliphatic carbocycles. The molecule has 0 fully saturated rings. The fourth-order valence-electron chi connectivity index (χ4n) is 2.53. The van der Waals surface area contributed by atoms with Gasteiger partial charge >= 0.3 is 0 Å². The molecule has 0 spiro atoms. The van der Waals surface area contributed by atoms with Gasteiger partial charge in [0.15, 0.2) is 6.29 Å². The molecule has 0 aliphatic rings. The van der Waals surface area contributed by atoms with Gasteiger partial charge in [-0.25, -0.2) is 4.68 Å². The maximum atomic E-state index is 11.4. The number of aromatic nitrogens is 2. The van der Waals surface area contributed by atoms with Crippen molar-refractivity contribution in [3.05, 3.63) is 65.9 Å². The van der Waals surface area contributed by atoms with Crippen LogP contribution in [-0.2, 0) is 0 Å². The average molecular weight is 306 g/mol. The van der Waals surface area contributed by atoms with E-state index in [9.17, 15) is 4.79 Å². The van der Waals surface area contributed by atoms with E-state index in [4.69, 9.17) is 4.74 Å². The highest BCUT2D eigenvalue weighted by Crippen LogP contribution is 2.27. The molecule has 0 amide bonds. The zero-order valence-electron chi connectivity index (χ0n) is 13.2. The summed E-state index contributed by atoms with van der Waals surface area (Å²) in [6.45, 7) is 4.57. The number of aldehydes is 1. The van der Waals surface area contributed by atoms with E-state index in [1.54, 1.807) is 10.9 Å². The summed E-state index contributed by atoms with van der Waals surface area (Å²) >= 11 is 0. The number of ether oxygens (including phenoxy) is 1. The summed E-state index contributed by atoms with van der Waals surface area (Å²) in [5, 5.41) is 4.58. The van der Waals surface area contributed by atoms with Crippen LogP contribution in [0, 0.1) is 6.92 Å². The van der Waals surface area contributed by atoms with E-state index in [0.29, 0.717) is 17.9 Å². The lowest BCUT2D eigenvalue weighted by atomic mass is 10.1. The Kier molecular flexibility index (Phi) is 4.24. The molecule has 0 saturated carbocycles. The molecule has 4 heteroatoms. The normalized spacial score (nSPS) is 10.5. The standard InChI is InChI=1S/C19H18N2O2/c1-3-23-18-10-9-15(11-14(18)2)19-16(13-22)12-21(20-19)17-7-5-4-6-8-17/h4-13H,3H2,1-2H3. The van der Waals surface area contributed by atoms with Crippen LogP contribution in [0.25, 0.3) is 16.9 Å². The molecule has 0 unspecified atom stereocenters. The highest BCUT2D eigenvalue weighted by Gasteiger charge is 2.13. The van der Waals surface area contributed by atoms with Gasteiger partial charge < -0.3 is 4.74 Å². The number of hydrogen-bond acceptors (Lipinski definition) is 3. The van der Waals surface area contributed by atoms with Gasteiger partial charge in [-0.05, 0) is 49.7 Å². The van der Waals surface area contributed by atoms with E-state index >= 15 is 0 Å². The fraction of sp³-hybridized carbons (Fsp3) is 0.158. The summed E-state index contributed by atoms with van der Waals surface area (Å²) in [5.41, 5.74) is 4.09. The number of para-hydroxylation sites is 1. The van der Waals surface area contributed by atoms with Gasteiger partial charge in [0.25, 0.3) is 0 Å². The molecule has 0 N–H and O–H groups in total. The first-order valence-corrected chi connectivity index (χ1v) is 7.57. The van der Waals surface area contributed by atoms with Gasteiger partial charge in [-0.1, -0.05) is 18.2 Å². The van der Waals surface area contributed by atoms with E-state index in [0.717, 1.165) is 28.8 Å². The lowest BCUT2D eigenvalue weighted by molar-refractivity contribution is 0.112. The highest BCUT2D eigenvalue weighted by molar-refractivity contribution is 5.85. The number of carbonyl (C=O) groups is 1. The second-order valence-electron chi connectivity index (χ2n) is 5.24. The van der Waals surface area contributed by atoms with Crippen molar-refractivity contribution < 1.29 is 9.53 Å². The van der Waals surface area contributed by atoms with Crippen LogP contribution in [0.2, 0.25) is 0 Å². The molecule has 3 rings (SSSR count). The SMILES string of the molecule is CCOc1ccc(-c2nn(-c3ccccc3)cc2C=O)cc1C. The van der Waals surface area contributed by atoms with Gasteiger partial charge in [-0.3, -0.25) is 4.79 Å². The Morgan fingerprint density at radius 1 is 1.17 bits per heavy atom. The molecular weight excluding hydrogens is 288 g/mol. The number of carbonyl (C=O) groups excluding carboxylic acids is 1. The quantitative estimate of drug-likeness (QED) is 0.668. The van der Waals surface area contributed by atoms with Crippen molar-refractivity contribution in [2.75, 3.05) is 6.61 Å². The largest absolute Gasteiger partial charge is 0.494 e. The Balaban J connectivity index is 2.04. The van der Waals surface area contributed by atoms with E-state index in [-0.39, 0.29) is 0 Å². The fourth-order valence-corrected chi connectivity index (χ4v) is 2.53. The van der Waals surface area contributed by atoms with Crippen LogP contribution < -0.4 is 4.74 Å². The molecule has 0 bridgehead atoms. The van der Waals surface area contributed by atoms with Crippen LogP contribution in [0.15, 0.2) is 54.7 Å². The topological polar surface area (TPSA) is 44.1 Å². The monoisotopic (exact) mass is 306 g/mol. The van der Waals surface area contributed by atoms with E-state index in [2.05, 4.69) is 5.10 Å². The smallest absolute Gasteiger partial charge is 0.153 e. The van der Waals surface area contributed by atoms with Crippen LogP contribution in [-0.4, -0.2) is 22.7 Å². The van der Waals surface area contributed by atoms with Crippen molar-refractivity contribution in [3.63, 3.8) is 0 Å². The zero-order chi connectivity index (χ0) is 16.2. The lowest BCUT2D eigenvalue weighted by Crippen LogP contribution is -1.96. The zero-order valence-corrected chi connectivity index (χ0v) is 13.2. The Morgan fingerprint density at radius 3 is 2.61 bits per heavy atom. The van der Waals surface area contributed by atoms with Crippen molar-refractivity contribution in [2.24, 2.45) is 0 Å². The predicted octanol–water partition coefficient (Wildman–Crippen LogP) is 4.06. The highest BCUT2D eigenvalue weighted by atomic mass is 16.5. The van der Waals surface area contributed by atoms with Crippen LogP contribution >= 0.6 is 0 Å². The number of hydrogen-bond donors (Lipinski definition) is 0. The third-order valence-corrected chi connectivity index (χ3v) is 3.64. The van der Waals surface area contributed by atoms with Gasteiger partial charge in [-0.2, -0.15) is 5.10 Å². The number of aryl methyl sites for hydroxylation is 1. The average Bonchev–Trinajstić information content (AvgIpc) is 3.02. The first-order chi connectivity index (χ1) is 11.2. The Bertz CT molecular complexity index is 823. The van der Waals surface area contributed by atoms with Crippen LogP contribution in [0.5, 0.6) is 5.75 Å². The molecule has 116 valence electrons. The van der Waals surface area contributed by atoms with Crippen molar-refractivity contribution in [1.29, 1.82) is 0 Å². The summed E-state index contributed by atoms with van der Waals surface area (Å²) in [6, 6.07) is 15.6. The predicted molar refractivity (Wildman–Crippen MR) is 90.3 cm³/mol. The maximum absolute atomic E-state index is 11.4. The van der Waals surface area contributed by atoms with Crippen LogP contribution in [0.4, 0.5) is 0 Å². The summed E-state index contributed by atoms with van der Waals surface area (Å²) < 4.78 is 7.29. The second kappa shape index (κ2) is 6.48. The molecule has 0 aliphatic heterocycles. The van der Waals surface area contributed by atoms with Gasteiger partial charge in [0.2, 0.25) is 0 Å². The van der Waals surface area contributed by atoms with Crippen molar-refractivity contribution >= 4 is 6.29 Å². The minimum absolute atomic E-state index is 0.567. The van der Waals surface area contributed by atoms with Crippen molar-refractivity contribution in [3.8, 4) is 22.7 Å². The summed E-state index contributed by atoms with van der Waals surface area (Å²) in [6.07, 6.45) is 2.59. The molecule has 1 heterocycles. The molecule has 0 radical (unpaired) electrons. The molecule has 23 heavy (non-hydrogen) atoms. The molecule has 1 aromatic heterocycles. The summed E-state index contributed by atoms with van der Waals surface area (Å²) in [4.78, 5) is 11.4. The van der Waals surface area contributed by atoms with E-state index < -0.39 is 0 Å². The Labute approximate surface area is 135 Å². The Hall–Kier alpha value is -2.88. The Morgan fingerprint density at radius 2 is 1.96 bits per heavy atom. The molecule has 2 aromatic carbocycles. The summed E-state index contributed by atoms with van der Waals surface area (Å²) in [5.74, 6) is 0.853. The van der Waals surface area contributed by atoms with Gasteiger partial charge in [0.05, 0.1) is 17.9 Å². The maximum Gasteiger partial charge on any atom is 0.153 e. The van der Waals surface area contributed by atoms with Crippen LogP contribution in [0.1, 0.15) is 22.8 Å². The van der Waals surface area contributed by atoms with Crippen molar-refractivity contribution in [2.45, 2.75) is 13.8 Å². The number of benzene rings is 2. The second-order valence-corrected chi connectivity index (χ2v) is 5.24.